The molecule has 0 bridgehead atoms. The van der Waals surface area contributed by atoms with Crippen LogP contribution in [-0.4, -0.2) is 18.0 Å². The summed E-state index contributed by atoms with van der Waals surface area (Å²) in [4.78, 5) is 3.35. The molecule has 0 amide bonds. The maximum absolute atomic E-state index is 11.8. The Hall–Kier alpha value is -3.07. The van der Waals surface area contributed by atoms with Crippen LogP contribution in [0, 0.1) is 0 Å². The first-order chi connectivity index (χ1) is 15.3. The summed E-state index contributed by atoms with van der Waals surface area (Å²) in [6.45, 7) is 0. The number of aromatic amines is 1. The van der Waals surface area contributed by atoms with E-state index in [1.807, 2.05) is 49.6 Å². The van der Waals surface area contributed by atoms with Crippen LogP contribution in [0.1, 0.15) is 22.6 Å². The summed E-state index contributed by atoms with van der Waals surface area (Å²) in [6, 6.07) is 21.3. The van der Waals surface area contributed by atoms with Gasteiger partial charge in [-0.3, -0.25) is 0 Å². The average Bonchev–Trinajstić information content (AvgIpc) is 3.30. The summed E-state index contributed by atoms with van der Waals surface area (Å²) < 4.78 is 31.9. The highest BCUT2D eigenvalue weighted by Gasteiger charge is 2.27. The molecule has 5 aromatic rings. The van der Waals surface area contributed by atoms with Gasteiger partial charge in [-0.2, -0.15) is 13.6 Å². The molecule has 1 atom stereocenters. The molecule has 6 nitrogen and oxygen atoms in total. The number of nitrogens with two attached hydrogens (primary N) is 1. The fourth-order valence-electron chi connectivity index (χ4n) is 4.38. The Bertz CT molecular complexity index is 1570. The second-order valence-electron chi connectivity index (χ2n) is 7.69. The number of fused-ring (bicyclic) bond motifs is 2. The van der Waals surface area contributed by atoms with Crippen molar-refractivity contribution in [2.75, 3.05) is 0 Å². The summed E-state index contributed by atoms with van der Waals surface area (Å²) in [7, 11) is -2.19. The van der Waals surface area contributed by atoms with Crippen molar-refractivity contribution in [2.24, 2.45) is 12.2 Å². The van der Waals surface area contributed by atoms with Crippen molar-refractivity contribution < 1.29 is 12.6 Å². The Labute approximate surface area is 194 Å². The number of nitrogens with zero attached hydrogens (tertiary/aromatic N) is 1. The van der Waals surface area contributed by atoms with E-state index in [0.717, 1.165) is 37.4 Å². The molecule has 0 radical (unpaired) electrons. The normalized spacial score (nSPS) is 13.0. The van der Waals surface area contributed by atoms with Gasteiger partial charge in [0.1, 0.15) is 5.75 Å². The van der Waals surface area contributed by atoms with Crippen LogP contribution in [0.15, 0.2) is 83.6 Å². The number of aryl methyl sites for hydroxylation is 1. The first-order valence-corrected chi connectivity index (χ1v) is 12.2. The number of halogens is 1. The zero-order valence-corrected chi connectivity index (χ0v) is 19.5. The predicted octanol–water partition coefficient (Wildman–Crippen LogP) is 5.18. The predicted molar refractivity (Wildman–Crippen MR) is 130 cm³/mol. The molecule has 2 heterocycles. The van der Waals surface area contributed by atoms with Gasteiger partial charge in [-0.25, -0.2) is 0 Å². The largest absolute Gasteiger partial charge is 0.380 e. The van der Waals surface area contributed by atoms with Gasteiger partial charge in [0.15, 0.2) is 0 Å². The van der Waals surface area contributed by atoms with Gasteiger partial charge in [-0.15, -0.1) is 0 Å². The van der Waals surface area contributed by atoms with E-state index in [1.165, 1.54) is 0 Å². The van der Waals surface area contributed by atoms with Gasteiger partial charge in [-0.05, 0) is 41.5 Å². The lowest BCUT2D eigenvalue weighted by atomic mass is 9.84. The Kier molecular flexibility index (Phi) is 5.08. The Balaban J connectivity index is 1.84. The summed E-state index contributed by atoms with van der Waals surface area (Å²) in [5.74, 6) is -0.0978. The standard InChI is InChI=1S/C24H20BrN3O3S/c1-28-14-20(16-6-2-4-8-22(16)28)24(17-7-3-5-9-23(17)31-32(26,29)30)19-13-27-21-11-10-15(25)12-18(19)21/h2-14,24,27H,1H3,(H2,26,29,30). The van der Waals surface area contributed by atoms with E-state index < -0.39 is 10.3 Å². The minimum Gasteiger partial charge on any atom is -0.371 e. The van der Waals surface area contributed by atoms with E-state index in [0.29, 0.717) is 5.56 Å². The third-order valence-electron chi connectivity index (χ3n) is 5.66. The number of aromatic nitrogens is 2. The minimum atomic E-state index is -4.19. The van der Waals surface area contributed by atoms with Gasteiger partial charge < -0.3 is 13.7 Å². The van der Waals surface area contributed by atoms with Crippen molar-refractivity contribution in [1.29, 1.82) is 0 Å². The van der Waals surface area contributed by atoms with Crippen molar-refractivity contribution >= 4 is 48.0 Å². The van der Waals surface area contributed by atoms with E-state index in [9.17, 15) is 8.42 Å². The van der Waals surface area contributed by atoms with Crippen LogP contribution in [-0.2, 0) is 17.4 Å². The third kappa shape index (κ3) is 3.70. The number of nitrogens with one attached hydrogen (secondary N) is 1. The van der Waals surface area contributed by atoms with E-state index in [1.54, 1.807) is 12.1 Å². The Morgan fingerprint density at radius 2 is 1.72 bits per heavy atom. The third-order valence-corrected chi connectivity index (χ3v) is 6.57. The van der Waals surface area contributed by atoms with Crippen LogP contribution in [0.2, 0.25) is 0 Å². The lowest BCUT2D eigenvalue weighted by Crippen LogP contribution is -2.20. The van der Waals surface area contributed by atoms with Crippen LogP contribution in [0.3, 0.4) is 0 Å². The van der Waals surface area contributed by atoms with E-state index >= 15 is 0 Å². The fraction of sp³-hybridized carbons (Fsp3) is 0.0833. The van der Waals surface area contributed by atoms with Gasteiger partial charge in [-0.1, -0.05) is 52.3 Å². The number of hydrogen-bond acceptors (Lipinski definition) is 3. The maximum atomic E-state index is 11.8. The van der Waals surface area contributed by atoms with E-state index in [4.69, 9.17) is 9.32 Å². The molecule has 0 aliphatic heterocycles. The van der Waals surface area contributed by atoms with E-state index in [-0.39, 0.29) is 11.7 Å². The van der Waals surface area contributed by atoms with Gasteiger partial charge in [0, 0.05) is 57.2 Å². The number of para-hydroxylation sites is 2. The van der Waals surface area contributed by atoms with Gasteiger partial charge in [0.05, 0.1) is 0 Å². The lowest BCUT2D eigenvalue weighted by Gasteiger charge is -2.20. The first kappa shape index (κ1) is 20.8. The molecule has 1 unspecified atom stereocenters. The highest BCUT2D eigenvalue weighted by atomic mass is 79.9. The molecular weight excluding hydrogens is 490 g/mol. The number of H-pyrrole nitrogens is 1. The summed E-state index contributed by atoms with van der Waals surface area (Å²) >= 11 is 3.57. The summed E-state index contributed by atoms with van der Waals surface area (Å²) in [5.41, 5.74) is 4.81. The van der Waals surface area contributed by atoms with Crippen LogP contribution in [0.25, 0.3) is 21.8 Å². The molecule has 3 N–H and O–H groups in total. The quantitative estimate of drug-likeness (QED) is 0.341. The molecule has 0 fully saturated rings. The maximum Gasteiger partial charge on any atom is 0.380 e. The van der Waals surface area contributed by atoms with Gasteiger partial charge >= 0.3 is 10.3 Å². The number of rotatable bonds is 5. The van der Waals surface area contributed by atoms with Crippen molar-refractivity contribution in [3.05, 3.63) is 100 Å². The van der Waals surface area contributed by atoms with Crippen LogP contribution < -0.4 is 9.32 Å². The zero-order valence-electron chi connectivity index (χ0n) is 17.1. The SMILES string of the molecule is Cn1cc(C(c2ccccc2OS(N)(=O)=O)c2c[nH]c3ccc(Br)cc23)c2ccccc21. The number of benzene rings is 3. The molecule has 0 saturated carbocycles. The van der Waals surface area contributed by atoms with Gasteiger partial charge in [0.2, 0.25) is 0 Å². The van der Waals surface area contributed by atoms with E-state index in [2.05, 4.69) is 49.9 Å². The molecule has 0 aliphatic carbocycles. The van der Waals surface area contributed by atoms with Crippen LogP contribution in [0.5, 0.6) is 5.75 Å². The molecule has 32 heavy (non-hydrogen) atoms. The molecule has 0 saturated heterocycles. The first-order valence-electron chi connectivity index (χ1n) is 9.93. The summed E-state index contributed by atoms with van der Waals surface area (Å²) in [5, 5.41) is 7.34. The second kappa shape index (κ2) is 7.81. The average molecular weight is 510 g/mol. The molecule has 3 aromatic carbocycles. The molecule has 162 valence electrons. The highest BCUT2D eigenvalue weighted by molar-refractivity contribution is 9.10. The molecule has 5 rings (SSSR count). The lowest BCUT2D eigenvalue weighted by molar-refractivity contribution is 0.484. The van der Waals surface area contributed by atoms with Gasteiger partial charge in [0.25, 0.3) is 0 Å². The molecule has 0 aliphatic rings. The fourth-order valence-corrected chi connectivity index (χ4v) is 5.14. The molecule has 8 heteroatoms. The topological polar surface area (TPSA) is 90.1 Å². The Morgan fingerprint density at radius 3 is 2.53 bits per heavy atom. The molecule has 0 spiro atoms. The monoisotopic (exact) mass is 509 g/mol. The van der Waals surface area contributed by atoms with Crippen LogP contribution in [0.4, 0.5) is 0 Å². The highest BCUT2D eigenvalue weighted by Crippen LogP contribution is 2.43. The van der Waals surface area contributed by atoms with Crippen molar-refractivity contribution in [1.82, 2.24) is 9.55 Å². The zero-order chi connectivity index (χ0) is 22.5. The Morgan fingerprint density at radius 1 is 0.969 bits per heavy atom. The second-order valence-corrected chi connectivity index (χ2v) is 9.76. The van der Waals surface area contributed by atoms with Crippen molar-refractivity contribution in [3.63, 3.8) is 0 Å². The van der Waals surface area contributed by atoms with Crippen LogP contribution >= 0.6 is 15.9 Å². The molecular formula is C24H20BrN3O3S. The molecule has 2 aromatic heterocycles. The van der Waals surface area contributed by atoms with Crippen molar-refractivity contribution in [3.8, 4) is 5.75 Å². The summed E-state index contributed by atoms with van der Waals surface area (Å²) in [6.07, 6.45) is 4.05. The minimum absolute atomic E-state index is 0.206. The number of hydrogen-bond donors (Lipinski definition) is 2. The smallest absolute Gasteiger partial charge is 0.371 e. The van der Waals surface area contributed by atoms with Crippen molar-refractivity contribution in [2.45, 2.75) is 5.92 Å².